The van der Waals surface area contributed by atoms with Gasteiger partial charge in [0, 0.05) is 31.3 Å². The number of anilines is 2. The Kier molecular flexibility index (Phi) is 7.11. The van der Waals surface area contributed by atoms with Crippen LogP contribution in [0.2, 0.25) is 0 Å². The van der Waals surface area contributed by atoms with E-state index >= 15 is 0 Å². The highest BCUT2D eigenvalue weighted by atomic mass is 16.6. The minimum absolute atomic E-state index is 0.0606. The molecular formula is C22H24N4O7. The Morgan fingerprint density at radius 1 is 1.09 bits per heavy atom. The van der Waals surface area contributed by atoms with Crippen molar-refractivity contribution < 1.29 is 28.8 Å². The van der Waals surface area contributed by atoms with Crippen molar-refractivity contribution in [3.63, 3.8) is 0 Å². The van der Waals surface area contributed by atoms with Gasteiger partial charge in [-0.15, -0.1) is 0 Å². The second-order valence-corrected chi connectivity index (χ2v) is 7.41. The van der Waals surface area contributed by atoms with E-state index in [1.54, 1.807) is 24.3 Å². The number of carbonyl (C=O) groups is 3. The molecule has 0 aromatic heterocycles. The maximum atomic E-state index is 12.6. The summed E-state index contributed by atoms with van der Waals surface area (Å²) < 4.78 is 9.64. The Bertz CT molecular complexity index is 1070. The number of benzene rings is 1. The Hall–Kier alpha value is -4.15. The van der Waals surface area contributed by atoms with Gasteiger partial charge in [0.2, 0.25) is 5.91 Å². The third-order valence-corrected chi connectivity index (χ3v) is 5.56. The third kappa shape index (κ3) is 4.86. The Balaban J connectivity index is 2.04. The molecule has 1 amide bonds. The van der Waals surface area contributed by atoms with Gasteiger partial charge in [-0.2, -0.15) is 0 Å². The van der Waals surface area contributed by atoms with Crippen LogP contribution in [0.3, 0.4) is 0 Å². The summed E-state index contributed by atoms with van der Waals surface area (Å²) in [4.78, 5) is 50.9. The molecule has 2 aliphatic heterocycles. The largest absolute Gasteiger partial charge is 0.465 e. The average Bonchev–Trinajstić information content (AvgIpc) is 3.05. The molecule has 1 fully saturated rings. The molecule has 3 rings (SSSR count). The number of primary amides is 1. The van der Waals surface area contributed by atoms with Gasteiger partial charge in [-0.3, -0.25) is 14.9 Å². The molecule has 33 heavy (non-hydrogen) atoms. The van der Waals surface area contributed by atoms with E-state index in [4.69, 9.17) is 15.2 Å². The zero-order chi connectivity index (χ0) is 24.1. The van der Waals surface area contributed by atoms with Crippen molar-refractivity contribution >= 4 is 34.9 Å². The van der Waals surface area contributed by atoms with Crippen LogP contribution in [-0.4, -0.2) is 50.1 Å². The van der Waals surface area contributed by atoms with E-state index in [1.807, 2.05) is 4.90 Å². The number of esters is 2. The Labute approximate surface area is 189 Å². The molecule has 174 valence electrons. The molecular weight excluding hydrogens is 432 g/mol. The van der Waals surface area contributed by atoms with Crippen LogP contribution in [0, 0.1) is 16.0 Å². The molecule has 0 bridgehead atoms. The smallest absolute Gasteiger partial charge is 0.355 e. The van der Waals surface area contributed by atoms with Gasteiger partial charge in [-0.05, 0) is 37.1 Å². The monoisotopic (exact) mass is 456 g/mol. The second-order valence-electron chi connectivity index (χ2n) is 7.41. The number of amides is 1. The number of hydrogen-bond donors (Lipinski definition) is 1. The molecule has 0 radical (unpaired) electrons. The normalized spacial score (nSPS) is 16.4. The van der Waals surface area contributed by atoms with Gasteiger partial charge in [0.25, 0.3) is 5.69 Å². The van der Waals surface area contributed by atoms with Crippen molar-refractivity contribution in [2.45, 2.75) is 12.8 Å². The fraction of sp³-hybridized carbons (Fsp3) is 0.318. The van der Waals surface area contributed by atoms with Crippen molar-refractivity contribution in [1.82, 2.24) is 0 Å². The van der Waals surface area contributed by atoms with Crippen LogP contribution < -0.4 is 15.5 Å². The van der Waals surface area contributed by atoms with Crippen LogP contribution in [0.25, 0.3) is 0 Å². The summed E-state index contributed by atoms with van der Waals surface area (Å²) in [5, 5.41) is 11.9. The van der Waals surface area contributed by atoms with E-state index < -0.39 is 16.9 Å². The number of ether oxygens (including phenoxy) is 2. The summed E-state index contributed by atoms with van der Waals surface area (Å²) >= 11 is 0. The first-order valence-corrected chi connectivity index (χ1v) is 10.2. The highest BCUT2D eigenvalue weighted by Gasteiger charge is 2.31. The van der Waals surface area contributed by atoms with E-state index in [9.17, 15) is 24.5 Å². The molecule has 1 aromatic carbocycles. The quantitative estimate of drug-likeness (QED) is 0.384. The average molecular weight is 456 g/mol. The predicted octanol–water partition coefficient (Wildman–Crippen LogP) is 1.79. The summed E-state index contributed by atoms with van der Waals surface area (Å²) in [6, 6.07) is 4.51. The maximum Gasteiger partial charge on any atom is 0.355 e. The highest BCUT2D eigenvalue weighted by molar-refractivity contribution is 6.05. The van der Waals surface area contributed by atoms with Crippen LogP contribution in [0.1, 0.15) is 12.8 Å². The van der Waals surface area contributed by atoms with E-state index in [0.717, 1.165) is 0 Å². The molecule has 1 aromatic rings. The lowest BCUT2D eigenvalue weighted by atomic mass is 9.96. The van der Waals surface area contributed by atoms with Crippen LogP contribution >= 0.6 is 0 Å². The first kappa shape index (κ1) is 23.5. The number of hydrogen-bond acceptors (Lipinski definition) is 9. The predicted molar refractivity (Wildman–Crippen MR) is 119 cm³/mol. The lowest BCUT2D eigenvalue weighted by Crippen LogP contribution is -2.38. The van der Waals surface area contributed by atoms with Crippen molar-refractivity contribution in [1.29, 1.82) is 0 Å². The van der Waals surface area contributed by atoms with E-state index in [1.165, 1.54) is 37.5 Å². The number of rotatable bonds is 6. The second kappa shape index (κ2) is 9.98. The molecule has 0 spiro atoms. The molecule has 11 nitrogen and oxygen atoms in total. The highest BCUT2D eigenvalue weighted by Crippen LogP contribution is 2.36. The van der Waals surface area contributed by atoms with Crippen LogP contribution in [-0.2, 0) is 23.9 Å². The summed E-state index contributed by atoms with van der Waals surface area (Å²) in [6.45, 7) is 0.891. The Morgan fingerprint density at radius 2 is 1.76 bits per heavy atom. The van der Waals surface area contributed by atoms with Gasteiger partial charge >= 0.3 is 11.9 Å². The fourth-order valence-corrected chi connectivity index (χ4v) is 3.85. The lowest BCUT2D eigenvalue weighted by Gasteiger charge is -2.32. The van der Waals surface area contributed by atoms with E-state index in [-0.39, 0.29) is 34.5 Å². The number of nitro groups is 1. The first-order chi connectivity index (χ1) is 15.8. The topological polar surface area (TPSA) is 145 Å². The minimum atomic E-state index is -0.813. The summed E-state index contributed by atoms with van der Waals surface area (Å²) in [6.07, 6.45) is 7.03. The number of nitro benzene ring substituents is 1. The minimum Gasteiger partial charge on any atom is -0.465 e. The molecule has 2 heterocycles. The van der Waals surface area contributed by atoms with E-state index in [0.29, 0.717) is 31.6 Å². The molecule has 0 saturated carbocycles. The number of piperidine rings is 1. The molecule has 2 aliphatic rings. The van der Waals surface area contributed by atoms with Crippen molar-refractivity contribution in [3.05, 3.63) is 64.0 Å². The van der Waals surface area contributed by atoms with E-state index in [2.05, 4.69) is 0 Å². The lowest BCUT2D eigenvalue weighted by molar-refractivity contribution is -0.384. The van der Waals surface area contributed by atoms with Gasteiger partial charge in [-0.25, -0.2) is 9.59 Å². The number of methoxy groups -OCH3 is 2. The number of carbonyl (C=O) groups excluding carboxylic acids is 3. The van der Waals surface area contributed by atoms with Gasteiger partial charge in [0.15, 0.2) is 0 Å². The summed E-state index contributed by atoms with van der Waals surface area (Å²) in [5.41, 5.74) is 5.66. The third-order valence-electron chi connectivity index (χ3n) is 5.56. The SMILES string of the molecule is COC(=O)C1=C(C(=O)OC)N(c2ccc(N3CCC(C(N)=O)CC3)c([N+](=O)[O-])c2)C=CC=C1. The molecule has 0 atom stereocenters. The summed E-state index contributed by atoms with van der Waals surface area (Å²) in [5.74, 6) is -2.20. The van der Waals surface area contributed by atoms with Crippen LogP contribution in [0.4, 0.5) is 17.1 Å². The Morgan fingerprint density at radius 3 is 2.33 bits per heavy atom. The number of nitrogens with zero attached hydrogens (tertiary/aromatic N) is 3. The van der Waals surface area contributed by atoms with Gasteiger partial charge in [-0.1, -0.05) is 6.08 Å². The van der Waals surface area contributed by atoms with Gasteiger partial charge < -0.3 is 25.0 Å². The number of allylic oxidation sites excluding steroid dienone is 2. The van der Waals surface area contributed by atoms with Gasteiger partial charge in [0.1, 0.15) is 11.4 Å². The molecule has 0 aliphatic carbocycles. The van der Waals surface area contributed by atoms with Crippen LogP contribution in [0.15, 0.2) is 53.9 Å². The zero-order valence-electron chi connectivity index (χ0n) is 18.2. The summed E-state index contributed by atoms with van der Waals surface area (Å²) in [7, 11) is 2.35. The van der Waals surface area contributed by atoms with Crippen molar-refractivity contribution in [2.75, 3.05) is 37.1 Å². The van der Waals surface area contributed by atoms with Crippen LogP contribution in [0.5, 0.6) is 0 Å². The molecule has 2 N–H and O–H groups in total. The van der Waals surface area contributed by atoms with Gasteiger partial charge in [0.05, 0.1) is 30.4 Å². The molecule has 0 unspecified atom stereocenters. The van der Waals surface area contributed by atoms with Crippen molar-refractivity contribution in [2.24, 2.45) is 11.7 Å². The standard InChI is InChI=1S/C22H24N4O7/c1-32-21(28)16-5-3-4-10-25(19(16)22(29)33-2)15-6-7-17(18(13-15)26(30)31)24-11-8-14(9-12-24)20(23)27/h3-7,10,13-14H,8-9,11-12H2,1-2H3,(H2,23,27). The molecule has 1 saturated heterocycles. The number of nitrogens with two attached hydrogens (primary N) is 1. The first-order valence-electron chi connectivity index (χ1n) is 10.2. The maximum absolute atomic E-state index is 12.6. The zero-order valence-corrected chi connectivity index (χ0v) is 18.2. The molecule has 11 heteroatoms. The van der Waals surface area contributed by atoms with Crippen molar-refractivity contribution in [3.8, 4) is 0 Å². The fourth-order valence-electron chi connectivity index (χ4n) is 3.85.